The second-order valence-electron chi connectivity index (χ2n) is 9.49. The predicted molar refractivity (Wildman–Crippen MR) is 116 cm³/mol. The van der Waals surface area contributed by atoms with E-state index >= 15 is 0 Å². The molecule has 1 saturated carbocycles. The lowest BCUT2D eigenvalue weighted by Gasteiger charge is -2.44. The van der Waals surface area contributed by atoms with Gasteiger partial charge in [0.1, 0.15) is 0 Å². The van der Waals surface area contributed by atoms with Gasteiger partial charge in [0.2, 0.25) is 0 Å². The molecule has 0 amide bonds. The van der Waals surface area contributed by atoms with Crippen molar-refractivity contribution >= 4 is 0 Å². The SMILES string of the molecule is CCCCCCCCc1ccc(C2CCC([N+](C)(C)C(C)C)CC2)cc1. The third-order valence-electron chi connectivity index (χ3n) is 7.24. The number of aryl methyl sites for hydroxylation is 1. The highest BCUT2D eigenvalue weighted by Crippen LogP contribution is 2.37. The van der Waals surface area contributed by atoms with E-state index in [-0.39, 0.29) is 0 Å². The lowest BCUT2D eigenvalue weighted by Crippen LogP contribution is -2.54. The lowest BCUT2D eigenvalue weighted by atomic mass is 9.80. The zero-order valence-corrected chi connectivity index (χ0v) is 18.3. The summed E-state index contributed by atoms with van der Waals surface area (Å²) in [5, 5.41) is 0. The number of benzene rings is 1. The first kappa shape index (κ1) is 21.5. The molecule has 0 N–H and O–H groups in total. The van der Waals surface area contributed by atoms with E-state index in [9.17, 15) is 0 Å². The molecule has 0 aliphatic heterocycles. The van der Waals surface area contributed by atoms with Crippen molar-refractivity contribution in [2.24, 2.45) is 0 Å². The molecule has 26 heavy (non-hydrogen) atoms. The van der Waals surface area contributed by atoms with E-state index in [1.165, 1.54) is 80.7 Å². The minimum Gasteiger partial charge on any atom is -0.324 e. The van der Waals surface area contributed by atoms with Crippen molar-refractivity contribution in [3.05, 3.63) is 35.4 Å². The average molecular weight is 359 g/mol. The van der Waals surface area contributed by atoms with Crippen molar-refractivity contribution < 1.29 is 4.48 Å². The fourth-order valence-corrected chi connectivity index (χ4v) is 4.56. The van der Waals surface area contributed by atoms with Gasteiger partial charge in [-0.1, -0.05) is 63.3 Å². The number of nitrogens with zero attached hydrogens (tertiary/aromatic N) is 1. The van der Waals surface area contributed by atoms with Gasteiger partial charge in [0.15, 0.2) is 0 Å². The van der Waals surface area contributed by atoms with Gasteiger partial charge in [-0.3, -0.25) is 0 Å². The van der Waals surface area contributed by atoms with Crippen molar-refractivity contribution in [2.75, 3.05) is 14.1 Å². The third-order valence-corrected chi connectivity index (χ3v) is 7.24. The predicted octanol–water partition coefficient (Wildman–Crippen LogP) is 7.10. The maximum absolute atomic E-state index is 2.43. The molecule has 0 saturated heterocycles. The second-order valence-corrected chi connectivity index (χ2v) is 9.49. The molecule has 148 valence electrons. The van der Waals surface area contributed by atoms with Crippen molar-refractivity contribution in [3.63, 3.8) is 0 Å². The number of hydrogen-bond donors (Lipinski definition) is 0. The average Bonchev–Trinajstić information content (AvgIpc) is 2.65. The quantitative estimate of drug-likeness (QED) is 0.309. The van der Waals surface area contributed by atoms with E-state index in [2.05, 4.69) is 59.1 Å². The van der Waals surface area contributed by atoms with Gasteiger partial charge in [-0.25, -0.2) is 0 Å². The van der Waals surface area contributed by atoms with Crippen LogP contribution in [0.3, 0.4) is 0 Å². The Kier molecular flexibility index (Phi) is 8.67. The van der Waals surface area contributed by atoms with Gasteiger partial charge in [-0.2, -0.15) is 0 Å². The number of rotatable bonds is 10. The Bertz CT molecular complexity index is 491. The van der Waals surface area contributed by atoms with Gasteiger partial charge in [-0.05, 0) is 56.6 Å². The standard InChI is InChI=1S/C25H44N/c1-6-7-8-9-10-11-12-22-13-15-23(16-14-22)24-17-19-25(20-18-24)26(4,5)21(2)3/h13-16,21,24-25H,6-12,17-20H2,1-5H3/q+1. The molecule has 0 spiro atoms. The van der Waals surface area contributed by atoms with E-state index in [0.717, 1.165) is 18.0 Å². The Hall–Kier alpha value is -0.820. The Morgan fingerprint density at radius 2 is 1.42 bits per heavy atom. The first-order chi connectivity index (χ1) is 12.4. The van der Waals surface area contributed by atoms with Gasteiger partial charge in [0.05, 0.1) is 26.2 Å². The van der Waals surface area contributed by atoms with Crippen LogP contribution in [0.4, 0.5) is 0 Å². The van der Waals surface area contributed by atoms with Crippen LogP contribution in [0.5, 0.6) is 0 Å². The summed E-state index contributed by atoms with van der Waals surface area (Å²) in [6, 6.07) is 11.2. The van der Waals surface area contributed by atoms with E-state index in [4.69, 9.17) is 0 Å². The minimum absolute atomic E-state index is 0.720. The third kappa shape index (κ3) is 6.12. The fourth-order valence-electron chi connectivity index (χ4n) is 4.56. The van der Waals surface area contributed by atoms with Gasteiger partial charge in [-0.15, -0.1) is 0 Å². The summed E-state index contributed by atoms with van der Waals surface area (Å²) in [6.07, 6.45) is 15.1. The Morgan fingerprint density at radius 1 is 0.846 bits per heavy atom. The van der Waals surface area contributed by atoms with Crippen LogP contribution in [0.2, 0.25) is 0 Å². The van der Waals surface area contributed by atoms with E-state index in [0.29, 0.717) is 0 Å². The topological polar surface area (TPSA) is 0 Å². The molecule has 0 aromatic heterocycles. The fraction of sp³-hybridized carbons (Fsp3) is 0.760. The summed E-state index contributed by atoms with van der Waals surface area (Å²) in [7, 11) is 4.85. The van der Waals surface area contributed by atoms with E-state index in [1.807, 2.05) is 0 Å². The Labute approximate surface area is 163 Å². The molecule has 1 aliphatic carbocycles. The molecule has 0 bridgehead atoms. The molecule has 1 aliphatic rings. The number of hydrogen-bond acceptors (Lipinski definition) is 0. The highest BCUT2D eigenvalue weighted by atomic mass is 15.4. The van der Waals surface area contributed by atoms with Crippen molar-refractivity contribution in [3.8, 4) is 0 Å². The van der Waals surface area contributed by atoms with Crippen molar-refractivity contribution in [1.29, 1.82) is 0 Å². The molecule has 0 radical (unpaired) electrons. The lowest BCUT2D eigenvalue weighted by molar-refractivity contribution is -0.936. The summed E-state index contributed by atoms with van der Waals surface area (Å²) < 4.78 is 1.18. The monoisotopic (exact) mass is 358 g/mol. The smallest absolute Gasteiger partial charge is 0.0888 e. The number of quaternary nitrogens is 1. The number of unbranched alkanes of at least 4 members (excludes halogenated alkanes) is 5. The van der Waals surface area contributed by atoms with Crippen LogP contribution in [0.15, 0.2) is 24.3 Å². The van der Waals surface area contributed by atoms with Gasteiger partial charge in [0.25, 0.3) is 0 Å². The summed E-state index contributed by atoms with van der Waals surface area (Å²) in [5.74, 6) is 0.793. The van der Waals surface area contributed by atoms with Crippen molar-refractivity contribution in [1.82, 2.24) is 0 Å². The molecule has 1 heteroatoms. The first-order valence-electron chi connectivity index (χ1n) is 11.4. The van der Waals surface area contributed by atoms with Crippen LogP contribution >= 0.6 is 0 Å². The van der Waals surface area contributed by atoms with Crippen LogP contribution < -0.4 is 0 Å². The molecule has 2 rings (SSSR count). The van der Waals surface area contributed by atoms with Gasteiger partial charge in [0, 0.05) is 12.8 Å². The van der Waals surface area contributed by atoms with E-state index in [1.54, 1.807) is 5.56 Å². The summed E-state index contributed by atoms with van der Waals surface area (Å²) >= 11 is 0. The molecule has 1 nitrogen and oxygen atoms in total. The Morgan fingerprint density at radius 3 is 2.00 bits per heavy atom. The maximum atomic E-state index is 2.43. The molecule has 0 unspecified atom stereocenters. The molecule has 1 fully saturated rings. The largest absolute Gasteiger partial charge is 0.324 e. The summed E-state index contributed by atoms with van der Waals surface area (Å²) in [6.45, 7) is 7.03. The van der Waals surface area contributed by atoms with Crippen LogP contribution in [0, 0.1) is 0 Å². The van der Waals surface area contributed by atoms with Gasteiger partial charge >= 0.3 is 0 Å². The zero-order chi connectivity index (χ0) is 19.0. The van der Waals surface area contributed by atoms with Crippen molar-refractivity contribution in [2.45, 2.75) is 109 Å². The first-order valence-corrected chi connectivity index (χ1v) is 11.4. The Balaban J connectivity index is 1.75. The summed E-state index contributed by atoms with van der Waals surface area (Å²) in [5.41, 5.74) is 3.13. The minimum atomic E-state index is 0.720. The van der Waals surface area contributed by atoms with E-state index < -0.39 is 0 Å². The normalized spacial score (nSPS) is 21.3. The van der Waals surface area contributed by atoms with Crippen LogP contribution in [0.25, 0.3) is 0 Å². The van der Waals surface area contributed by atoms with Crippen LogP contribution in [-0.2, 0) is 6.42 Å². The molecular weight excluding hydrogens is 314 g/mol. The second kappa shape index (κ2) is 10.5. The summed E-state index contributed by atoms with van der Waals surface area (Å²) in [4.78, 5) is 0. The molecular formula is C25H44N+. The molecule has 1 aromatic rings. The molecule has 1 aromatic carbocycles. The molecule has 0 atom stereocenters. The highest BCUT2D eigenvalue weighted by Gasteiger charge is 2.35. The zero-order valence-electron chi connectivity index (χ0n) is 18.3. The molecule has 0 heterocycles. The van der Waals surface area contributed by atoms with Crippen LogP contribution in [-0.4, -0.2) is 30.7 Å². The highest BCUT2D eigenvalue weighted by molar-refractivity contribution is 5.26. The van der Waals surface area contributed by atoms with Crippen LogP contribution in [0.1, 0.15) is 102 Å². The van der Waals surface area contributed by atoms with Gasteiger partial charge < -0.3 is 4.48 Å². The maximum Gasteiger partial charge on any atom is 0.0888 e.